The Morgan fingerprint density at radius 2 is 1.94 bits per heavy atom. The SMILES string of the molecule is Cc1sc(Br)cc1C(O)c1ccc(Cl)cc1Cl. The molecule has 1 aromatic carbocycles. The summed E-state index contributed by atoms with van der Waals surface area (Å²) in [5.41, 5.74) is 1.54. The van der Waals surface area contributed by atoms with E-state index in [0.29, 0.717) is 15.6 Å². The van der Waals surface area contributed by atoms with Gasteiger partial charge in [-0.2, -0.15) is 0 Å². The Hall–Kier alpha value is -0.0600. The van der Waals surface area contributed by atoms with Gasteiger partial charge in [-0.05, 0) is 46.6 Å². The maximum absolute atomic E-state index is 10.3. The van der Waals surface area contributed by atoms with Gasteiger partial charge in [-0.15, -0.1) is 11.3 Å². The van der Waals surface area contributed by atoms with Gasteiger partial charge in [-0.25, -0.2) is 0 Å². The van der Waals surface area contributed by atoms with E-state index in [9.17, 15) is 5.11 Å². The molecule has 1 atom stereocenters. The zero-order valence-corrected chi connectivity index (χ0v) is 12.8. The highest BCUT2D eigenvalue weighted by molar-refractivity contribution is 9.11. The summed E-state index contributed by atoms with van der Waals surface area (Å²) in [4.78, 5) is 1.07. The lowest BCUT2D eigenvalue weighted by atomic mass is 10.0. The van der Waals surface area contributed by atoms with Crippen LogP contribution >= 0.6 is 50.5 Å². The minimum absolute atomic E-state index is 0.478. The lowest BCUT2D eigenvalue weighted by molar-refractivity contribution is 0.220. The molecule has 2 rings (SSSR count). The van der Waals surface area contributed by atoms with Crippen LogP contribution in [0, 0.1) is 6.92 Å². The molecule has 5 heteroatoms. The highest BCUT2D eigenvalue weighted by Gasteiger charge is 2.18. The number of halogens is 3. The summed E-state index contributed by atoms with van der Waals surface area (Å²) in [5.74, 6) is 0. The molecule has 1 unspecified atom stereocenters. The van der Waals surface area contributed by atoms with Crippen molar-refractivity contribution in [1.82, 2.24) is 0 Å². The Balaban J connectivity index is 2.43. The van der Waals surface area contributed by atoms with Crippen LogP contribution in [0.2, 0.25) is 10.0 Å². The number of aliphatic hydroxyl groups is 1. The van der Waals surface area contributed by atoms with E-state index in [1.165, 1.54) is 0 Å². The van der Waals surface area contributed by atoms with Crippen LogP contribution in [0.15, 0.2) is 28.1 Å². The van der Waals surface area contributed by atoms with Crippen molar-refractivity contribution in [2.24, 2.45) is 0 Å². The van der Waals surface area contributed by atoms with Gasteiger partial charge in [0, 0.05) is 20.5 Å². The predicted octanol–water partition coefficient (Wildman–Crippen LogP) is 5.21. The van der Waals surface area contributed by atoms with Crippen molar-refractivity contribution in [3.05, 3.63) is 54.1 Å². The summed E-state index contributed by atoms with van der Waals surface area (Å²) in [6.07, 6.45) is -0.720. The molecule has 1 heterocycles. The van der Waals surface area contributed by atoms with Crippen molar-refractivity contribution in [2.45, 2.75) is 13.0 Å². The molecule has 2 aromatic rings. The van der Waals surface area contributed by atoms with Crippen LogP contribution in [0.3, 0.4) is 0 Å². The summed E-state index contributed by atoms with van der Waals surface area (Å²) >= 11 is 16.9. The second-order valence-electron chi connectivity index (χ2n) is 3.63. The quantitative estimate of drug-likeness (QED) is 0.787. The predicted molar refractivity (Wildman–Crippen MR) is 77.3 cm³/mol. The van der Waals surface area contributed by atoms with Crippen molar-refractivity contribution < 1.29 is 5.11 Å². The molecule has 90 valence electrons. The van der Waals surface area contributed by atoms with Crippen LogP contribution in [-0.2, 0) is 0 Å². The normalized spacial score (nSPS) is 12.8. The Kier molecular flexibility index (Phi) is 4.16. The molecule has 0 aliphatic heterocycles. The third-order valence-corrected chi connectivity index (χ3v) is 4.61. The molecular formula is C12H9BrCl2OS. The molecular weight excluding hydrogens is 343 g/mol. The second kappa shape index (κ2) is 5.29. The van der Waals surface area contributed by atoms with E-state index in [2.05, 4.69) is 15.9 Å². The van der Waals surface area contributed by atoms with Gasteiger partial charge in [-0.1, -0.05) is 29.3 Å². The average Bonchev–Trinajstić information content (AvgIpc) is 2.57. The third-order valence-electron chi connectivity index (χ3n) is 2.48. The summed E-state index contributed by atoms with van der Waals surface area (Å²) < 4.78 is 0.995. The largest absolute Gasteiger partial charge is 0.384 e. The minimum Gasteiger partial charge on any atom is -0.384 e. The average molecular weight is 352 g/mol. The maximum atomic E-state index is 10.3. The standard InChI is InChI=1S/C12H9BrCl2OS/c1-6-9(5-11(13)17-6)12(16)8-3-2-7(14)4-10(8)15/h2-5,12,16H,1H3. The monoisotopic (exact) mass is 350 g/mol. The van der Waals surface area contributed by atoms with Crippen molar-refractivity contribution >= 4 is 50.5 Å². The van der Waals surface area contributed by atoms with Crippen molar-refractivity contribution in [3.63, 3.8) is 0 Å². The maximum Gasteiger partial charge on any atom is 0.107 e. The number of hydrogen-bond donors (Lipinski definition) is 1. The van der Waals surface area contributed by atoms with Gasteiger partial charge in [-0.3, -0.25) is 0 Å². The molecule has 0 bridgehead atoms. The summed E-state index contributed by atoms with van der Waals surface area (Å²) in [6.45, 7) is 1.97. The topological polar surface area (TPSA) is 20.2 Å². The van der Waals surface area contributed by atoms with Gasteiger partial charge < -0.3 is 5.11 Å². The molecule has 1 nitrogen and oxygen atoms in total. The molecule has 0 aliphatic rings. The van der Waals surface area contributed by atoms with E-state index in [1.807, 2.05) is 13.0 Å². The first-order valence-corrected chi connectivity index (χ1v) is 7.24. The van der Waals surface area contributed by atoms with Crippen LogP contribution in [0.25, 0.3) is 0 Å². The zero-order chi connectivity index (χ0) is 12.6. The van der Waals surface area contributed by atoms with Crippen molar-refractivity contribution in [2.75, 3.05) is 0 Å². The second-order valence-corrected chi connectivity index (χ2v) is 7.11. The first-order valence-electron chi connectivity index (χ1n) is 4.88. The Bertz CT molecular complexity index is 553. The van der Waals surface area contributed by atoms with E-state index in [1.54, 1.807) is 29.5 Å². The number of thiophene rings is 1. The fourth-order valence-electron chi connectivity index (χ4n) is 1.62. The molecule has 0 radical (unpaired) electrons. The molecule has 0 amide bonds. The van der Waals surface area contributed by atoms with Crippen LogP contribution in [0.1, 0.15) is 22.1 Å². The lowest BCUT2D eigenvalue weighted by Crippen LogP contribution is -2.00. The summed E-state index contributed by atoms with van der Waals surface area (Å²) in [7, 11) is 0. The molecule has 0 fully saturated rings. The van der Waals surface area contributed by atoms with E-state index >= 15 is 0 Å². The van der Waals surface area contributed by atoms with Crippen molar-refractivity contribution in [3.8, 4) is 0 Å². The van der Waals surface area contributed by atoms with Crippen molar-refractivity contribution in [1.29, 1.82) is 0 Å². The van der Waals surface area contributed by atoms with Crippen LogP contribution in [-0.4, -0.2) is 5.11 Å². The number of aryl methyl sites for hydroxylation is 1. The van der Waals surface area contributed by atoms with Crippen LogP contribution < -0.4 is 0 Å². The van der Waals surface area contributed by atoms with Crippen LogP contribution in [0.5, 0.6) is 0 Å². The molecule has 17 heavy (non-hydrogen) atoms. The number of rotatable bonds is 2. The molecule has 0 saturated carbocycles. The van der Waals surface area contributed by atoms with E-state index in [0.717, 1.165) is 14.2 Å². The zero-order valence-electron chi connectivity index (χ0n) is 8.88. The van der Waals surface area contributed by atoms with Gasteiger partial charge in [0.2, 0.25) is 0 Å². The number of aliphatic hydroxyl groups excluding tert-OH is 1. The van der Waals surface area contributed by atoms with E-state index < -0.39 is 6.10 Å². The first kappa shape index (κ1) is 13.4. The smallest absolute Gasteiger partial charge is 0.107 e. The van der Waals surface area contributed by atoms with Gasteiger partial charge in [0.15, 0.2) is 0 Å². The molecule has 0 saturated heterocycles. The van der Waals surface area contributed by atoms with Gasteiger partial charge in [0.05, 0.1) is 3.79 Å². The lowest BCUT2D eigenvalue weighted by Gasteiger charge is -2.12. The van der Waals surface area contributed by atoms with Gasteiger partial charge in [0.25, 0.3) is 0 Å². The van der Waals surface area contributed by atoms with Gasteiger partial charge >= 0.3 is 0 Å². The summed E-state index contributed by atoms with van der Waals surface area (Å²) in [6, 6.07) is 7.02. The Labute approximate surface area is 122 Å². The van der Waals surface area contributed by atoms with E-state index in [-0.39, 0.29) is 0 Å². The van der Waals surface area contributed by atoms with E-state index in [4.69, 9.17) is 23.2 Å². The minimum atomic E-state index is -0.720. The highest BCUT2D eigenvalue weighted by Crippen LogP contribution is 2.36. The van der Waals surface area contributed by atoms with Gasteiger partial charge in [0.1, 0.15) is 6.10 Å². The fourth-order valence-corrected chi connectivity index (χ4v) is 3.87. The van der Waals surface area contributed by atoms with Crippen LogP contribution in [0.4, 0.5) is 0 Å². The molecule has 0 aliphatic carbocycles. The third kappa shape index (κ3) is 2.85. The first-order chi connectivity index (χ1) is 7.99. The highest BCUT2D eigenvalue weighted by atomic mass is 79.9. The fraction of sp³-hybridized carbons (Fsp3) is 0.167. The molecule has 1 N–H and O–H groups in total. The number of benzene rings is 1. The summed E-state index contributed by atoms with van der Waals surface area (Å²) in [5, 5.41) is 11.4. The Morgan fingerprint density at radius 1 is 1.24 bits per heavy atom. The molecule has 0 spiro atoms. The molecule has 1 aromatic heterocycles. The Morgan fingerprint density at radius 3 is 2.47 bits per heavy atom. The number of hydrogen-bond acceptors (Lipinski definition) is 2.